The van der Waals surface area contributed by atoms with Gasteiger partial charge in [-0.2, -0.15) is 0 Å². The number of furan rings is 1. The van der Waals surface area contributed by atoms with Crippen LogP contribution in [-0.2, 0) is 0 Å². The number of anilines is 3. The highest BCUT2D eigenvalue weighted by molar-refractivity contribution is 6.13. The summed E-state index contributed by atoms with van der Waals surface area (Å²) in [6, 6.07) is 89.6. The predicted molar refractivity (Wildman–Crippen MR) is 271 cm³/mol. The van der Waals surface area contributed by atoms with Crippen LogP contribution >= 0.6 is 0 Å². The molecule has 0 aliphatic heterocycles. The highest BCUT2D eigenvalue weighted by Crippen LogP contribution is 2.41. The SMILES string of the molecule is c1ccc(-c2cc3ccccc3o2)c(-c2ccc(-c3ccc(N(c4ccc(-c5ccc6ccccc6c5)cc4)c4ccc(-c5cc6ccccc6c6ccccc56)cc4)cc3)cc2)c1. The van der Waals surface area contributed by atoms with Crippen molar-refractivity contribution < 1.29 is 4.42 Å². The Kier molecular flexibility index (Phi) is 9.20. The number of rotatable bonds is 8. The van der Waals surface area contributed by atoms with Crippen LogP contribution in [0.5, 0.6) is 0 Å². The van der Waals surface area contributed by atoms with Crippen molar-refractivity contribution in [2.24, 2.45) is 0 Å². The van der Waals surface area contributed by atoms with Gasteiger partial charge in [0.25, 0.3) is 0 Å². The molecule has 0 spiro atoms. The third-order valence-corrected chi connectivity index (χ3v) is 12.7. The first kappa shape index (κ1) is 37.3. The Bertz CT molecular complexity index is 3600. The molecule has 12 aromatic rings. The minimum absolute atomic E-state index is 0.876. The summed E-state index contributed by atoms with van der Waals surface area (Å²) in [7, 11) is 0. The Labute approximate surface area is 372 Å². The summed E-state index contributed by atoms with van der Waals surface area (Å²) in [4.78, 5) is 2.36. The number of para-hydroxylation sites is 1. The fourth-order valence-electron chi connectivity index (χ4n) is 9.41. The van der Waals surface area contributed by atoms with Crippen molar-refractivity contribution in [3.05, 3.63) is 249 Å². The van der Waals surface area contributed by atoms with Crippen LogP contribution in [0.4, 0.5) is 17.1 Å². The molecule has 0 saturated carbocycles. The van der Waals surface area contributed by atoms with E-state index in [-0.39, 0.29) is 0 Å². The summed E-state index contributed by atoms with van der Waals surface area (Å²) in [6.07, 6.45) is 0. The van der Waals surface area contributed by atoms with Crippen molar-refractivity contribution in [1.29, 1.82) is 0 Å². The minimum atomic E-state index is 0.876. The van der Waals surface area contributed by atoms with Crippen LogP contribution in [0.1, 0.15) is 0 Å². The highest BCUT2D eigenvalue weighted by Gasteiger charge is 2.16. The van der Waals surface area contributed by atoms with Crippen LogP contribution in [0.2, 0.25) is 0 Å². The zero-order chi connectivity index (χ0) is 42.4. The quantitative estimate of drug-likeness (QED) is 0.142. The average Bonchev–Trinajstić information content (AvgIpc) is 3.81. The number of fused-ring (bicyclic) bond motifs is 5. The van der Waals surface area contributed by atoms with E-state index in [2.05, 4.69) is 235 Å². The molecule has 64 heavy (non-hydrogen) atoms. The Morgan fingerprint density at radius 1 is 0.250 bits per heavy atom. The van der Waals surface area contributed by atoms with E-state index >= 15 is 0 Å². The van der Waals surface area contributed by atoms with Crippen molar-refractivity contribution in [1.82, 2.24) is 0 Å². The molecule has 0 fully saturated rings. The van der Waals surface area contributed by atoms with Gasteiger partial charge in [-0.15, -0.1) is 0 Å². The van der Waals surface area contributed by atoms with Gasteiger partial charge >= 0.3 is 0 Å². The van der Waals surface area contributed by atoms with Gasteiger partial charge in [0.15, 0.2) is 0 Å². The third kappa shape index (κ3) is 6.79. The third-order valence-electron chi connectivity index (χ3n) is 12.7. The molecule has 11 aromatic carbocycles. The molecule has 0 bridgehead atoms. The molecule has 0 radical (unpaired) electrons. The van der Waals surface area contributed by atoms with Crippen LogP contribution in [0, 0.1) is 0 Å². The van der Waals surface area contributed by atoms with E-state index in [1.54, 1.807) is 0 Å². The lowest BCUT2D eigenvalue weighted by molar-refractivity contribution is 0.632. The highest BCUT2D eigenvalue weighted by atomic mass is 16.3. The molecule has 0 unspecified atom stereocenters. The zero-order valence-electron chi connectivity index (χ0n) is 35.0. The molecule has 2 heteroatoms. The Morgan fingerprint density at radius 2 is 0.703 bits per heavy atom. The monoisotopic (exact) mass is 815 g/mol. The van der Waals surface area contributed by atoms with E-state index < -0.39 is 0 Å². The maximum atomic E-state index is 6.30. The number of hydrogen-bond donors (Lipinski definition) is 0. The second-order valence-corrected chi connectivity index (χ2v) is 16.5. The second kappa shape index (κ2) is 15.8. The number of benzene rings is 11. The second-order valence-electron chi connectivity index (χ2n) is 16.5. The first-order valence-electron chi connectivity index (χ1n) is 21.9. The van der Waals surface area contributed by atoms with Crippen molar-refractivity contribution in [2.45, 2.75) is 0 Å². The van der Waals surface area contributed by atoms with Gasteiger partial charge in [0.1, 0.15) is 11.3 Å². The number of nitrogens with zero attached hydrogens (tertiary/aromatic N) is 1. The zero-order valence-corrected chi connectivity index (χ0v) is 35.0. The molecule has 300 valence electrons. The van der Waals surface area contributed by atoms with Crippen LogP contribution in [0.15, 0.2) is 253 Å². The molecular formula is C62H41NO. The molecule has 0 atom stereocenters. The van der Waals surface area contributed by atoms with Gasteiger partial charge in [0, 0.05) is 28.0 Å². The fraction of sp³-hybridized carbons (Fsp3) is 0. The van der Waals surface area contributed by atoms with Crippen LogP contribution in [0.25, 0.3) is 99.1 Å². The van der Waals surface area contributed by atoms with E-state index in [1.807, 2.05) is 18.2 Å². The van der Waals surface area contributed by atoms with Gasteiger partial charge in [0.05, 0.1) is 0 Å². The van der Waals surface area contributed by atoms with Crippen LogP contribution < -0.4 is 4.90 Å². The maximum absolute atomic E-state index is 6.30. The maximum Gasteiger partial charge on any atom is 0.136 e. The molecule has 0 saturated heterocycles. The Balaban J connectivity index is 0.889. The van der Waals surface area contributed by atoms with Gasteiger partial charge < -0.3 is 9.32 Å². The lowest BCUT2D eigenvalue weighted by Crippen LogP contribution is -2.09. The molecule has 0 amide bonds. The first-order valence-corrected chi connectivity index (χ1v) is 21.9. The van der Waals surface area contributed by atoms with E-state index in [0.717, 1.165) is 61.6 Å². The van der Waals surface area contributed by atoms with Crippen molar-refractivity contribution in [3.8, 4) is 55.8 Å². The summed E-state index contributed by atoms with van der Waals surface area (Å²) < 4.78 is 6.30. The van der Waals surface area contributed by atoms with Gasteiger partial charge in [-0.05, 0) is 137 Å². The molecule has 0 aliphatic rings. The smallest absolute Gasteiger partial charge is 0.136 e. The lowest BCUT2D eigenvalue weighted by Gasteiger charge is -2.26. The van der Waals surface area contributed by atoms with Crippen LogP contribution in [-0.4, -0.2) is 0 Å². The van der Waals surface area contributed by atoms with Crippen molar-refractivity contribution in [2.75, 3.05) is 4.90 Å². The normalized spacial score (nSPS) is 11.4. The summed E-state index contributed by atoms with van der Waals surface area (Å²) >= 11 is 0. The minimum Gasteiger partial charge on any atom is -0.456 e. The van der Waals surface area contributed by atoms with Gasteiger partial charge in [-0.1, -0.05) is 188 Å². The standard InChI is InChI=1S/C62H41NO/c1-2-12-48-39-49(26-23-42(48)11-1)45-29-35-53(36-30-45)63(54-37-31-47(32-38-54)60-40-50-13-3-5-16-56(50)57-17-7-8-18-58(57)60)52-33-27-44(28-34-52)43-21-24-46(25-22-43)55-15-6-9-19-59(55)62-41-51-14-4-10-20-61(51)64-62/h1-41H. The van der Waals surface area contributed by atoms with E-state index in [9.17, 15) is 0 Å². The molecule has 1 heterocycles. The number of hydrogen-bond acceptors (Lipinski definition) is 2. The molecule has 1 aromatic heterocycles. The van der Waals surface area contributed by atoms with Gasteiger partial charge in [0.2, 0.25) is 0 Å². The average molecular weight is 816 g/mol. The lowest BCUT2D eigenvalue weighted by atomic mass is 9.93. The van der Waals surface area contributed by atoms with Crippen molar-refractivity contribution in [3.63, 3.8) is 0 Å². The summed E-state index contributed by atoms with van der Waals surface area (Å²) in [5.41, 5.74) is 14.7. The summed E-state index contributed by atoms with van der Waals surface area (Å²) in [5, 5.41) is 8.65. The molecule has 2 nitrogen and oxygen atoms in total. The molecule has 12 rings (SSSR count). The van der Waals surface area contributed by atoms with E-state index in [0.29, 0.717) is 0 Å². The van der Waals surface area contributed by atoms with Gasteiger partial charge in [-0.3, -0.25) is 0 Å². The molecule has 0 N–H and O–H groups in total. The Hall–Kier alpha value is -8.46. The topological polar surface area (TPSA) is 16.4 Å². The molecular weight excluding hydrogens is 775 g/mol. The van der Waals surface area contributed by atoms with Gasteiger partial charge in [-0.25, -0.2) is 0 Å². The summed E-state index contributed by atoms with van der Waals surface area (Å²) in [6.45, 7) is 0. The first-order chi connectivity index (χ1) is 31.7. The fourth-order valence-corrected chi connectivity index (χ4v) is 9.41. The largest absolute Gasteiger partial charge is 0.456 e. The predicted octanol–water partition coefficient (Wildman–Crippen LogP) is 17.7. The van der Waals surface area contributed by atoms with E-state index in [1.165, 1.54) is 54.6 Å². The van der Waals surface area contributed by atoms with Crippen LogP contribution in [0.3, 0.4) is 0 Å². The molecule has 0 aliphatic carbocycles. The van der Waals surface area contributed by atoms with E-state index in [4.69, 9.17) is 4.42 Å². The Morgan fingerprint density at radius 3 is 1.38 bits per heavy atom. The van der Waals surface area contributed by atoms with Crippen molar-refractivity contribution >= 4 is 60.3 Å². The summed E-state index contributed by atoms with van der Waals surface area (Å²) in [5.74, 6) is 0.876.